The van der Waals surface area contributed by atoms with Crippen LogP contribution in [0.15, 0.2) is 78.6 Å². The Bertz CT molecular complexity index is 1300. The van der Waals surface area contributed by atoms with Gasteiger partial charge in [-0.1, -0.05) is 11.6 Å². The molecule has 2 N–H and O–H groups in total. The maximum atomic E-state index is 10.8. The molecule has 0 saturated heterocycles. The van der Waals surface area contributed by atoms with E-state index in [2.05, 4.69) is 11.1 Å². The summed E-state index contributed by atoms with van der Waals surface area (Å²) in [5.41, 5.74) is 5.55. The first-order valence-corrected chi connectivity index (χ1v) is 10.6. The molecule has 6 nitrogen and oxygen atoms in total. The molecular weight excluding hydrogens is 414 g/mol. The Labute approximate surface area is 192 Å². The second kappa shape index (κ2) is 9.53. The number of phenols is 2. The first kappa shape index (κ1) is 22.0. The summed E-state index contributed by atoms with van der Waals surface area (Å²) in [6.45, 7) is 4.09. The number of phenolic OH excluding ortho intramolecular Hbond substituents is 2. The molecule has 0 aliphatic rings. The van der Waals surface area contributed by atoms with Gasteiger partial charge >= 0.3 is 0 Å². The van der Waals surface area contributed by atoms with Crippen molar-refractivity contribution in [3.8, 4) is 51.2 Å². The number of rotatable bonds is 6. The van der Waals surface area contributed by atoms with Gasteiger partial charge in [0.15, 0.2) is 5.82 Å². The average molecular weight is 440 g/mol. The molecule has 4 rings (SSSR count). The van der Waals surface area contributed by atoms with Crippen LogP contribution in [0.25, 0.3) is 33.9 Å². The van der Waals surface area contributed by atoms with Gasteiger partial charge in [-0.2, -0.15) is 0 Å². The monoisotopic (exact) mass is 439 g/mol. The molecule has 0 saturated carbocycles. The van der Waals surface area contributed by atoms with Gasteiger partial charge in [-0.3, -0.25) is 4.98 Å². The molecule has 166 valence electrons. The largest absolute Gasteiger partial charge is 0.508 e. The molecule has 0 bridgehead atoms. The Morgan fingerprint density at radius 1 is 0.939 bits per heavy atom. The van der Waals surface area contributed by atoms with Gasteiger partial charge in [0.05, 0.1) is 18.5 Å². The maximum Gasteiger partial charge on any atom is 0.161 e. The third-order valence-electron chi connectivity index (χ3n) is 5.21. The summed E-state index contributed by atoms with van der Waals surface area (Å²) in [6, 6.07) is 15.9. The number of ether oxygens (including phenoxy) is 1. The number of aromatic hydroxyl groups is 2. The fourth-order valence-corrected chi connectivity index (χ4v) is 3.47. The van der Waals surface area contributed by atoms with Crippen molar-refractivity contribution in [1.82, 2.24) is 15.0 Å². The topological polar surface area (TPSA) is 88.4 Å². The normalized spacial score (nSPS) is 10.6. The van der Waals surface area contributed by atoms with Crippen LogP contribution < -0.4 is 4.74 Å². The molecule has 33 heavy (non-hydrogen) atoms. The number of nitrogens with zero attached hydrogens (tertiary/aromatic N) is 3. The van der Waals surface area contributed by atoms with Gasteiger partial charge < -0.3 is 14.9 Å². The quantitative estimate of drug-likeness (QED) is 0.369. The minimum absolute atomic E-state index is 0.0697. The van der Waals surface area contributed by atoms with Gasteiger partial charge in [-0.15, -0.1) is 0 Å². The molecule has 2 heterocycles. The van der Waals surface area contributed by atoms with Gasteiger partial charge in [-0.05, 0) is 74.4 Å². The van der Waals surface area contributed by atoms with Gasteiger partial charge in [0.25, 0.3) is 0 Å². The van der Waals surface area contributed by atoms with Gasteiger partial charge in [-0.25, -0.2) is 9.97 Å². The summed E-state index contributed by atoms with van der Waals surface area (Å²) in [5, 5.41) is 20.5. The maximum absolute atomic E-state index is 10.8. The van der Waals surface area contributed by atoms with Crippen LogP contribution in [0.1, 0.15) is 19.4 Å². The standard InChI is InChI=1S/C27H25N3O3/c1-17(2)6-7-19-13-22(25(32)15-26(19)33-3)24-14-23(18-8-10-21(31)11-9-18)29-27(30-24)20-5-4-12-28-16-20/h4-6,8-16,31-32H,7H2,1-3H3. The van der Waals surface area contributed by atoms with E-state index in [9.17, 15) is 10.2 Å². The smallest absolute Gasteiger partial charge is 0.161 e. The van der Waals surface area contributed by atoms with E-state index in [1.54, 1.807) is 49.8 Å². The second-order valence-corrected chi connectivity index (χ2v) is 7.92. The minimum Gasteiger partial charge on any atom is -0.508 e. The third-order valence-corrected chi connectivity index (χ3v) is 5.21. The Kier molecular flexibility index (Phi) is 6.36. The van der Waals surface area contributed by atoms with E-state index < -0.39 is 0 Å². The van der Waals surface area contributed by atoms with Crippen LogP contribution in [0, 0.1) is 0 Å². The zero-order chi connectivity index (χ0) is 23.4. The summed E-state index contributed by atoms with van der Waals surface area (Å²) < 4.78 is 5.49. The van der Waals surface area contributed by atoms with Crippen molar-refractivity contribution in [3.63, 3.8) is 0 Å². The van der Waals surface area contributed by atoms with E-state index in [1.807, 2.05) is 38.1 Å². The first-order chi connectivity index (χ1) is 15.9. The lowest BCUT2D eigenvalue weighted by molar-refractivity contribution is 0.404. The summed E-state index contributed by atoms with van der Waals surface area (Å²) in [7, 11) is 1.59. The fraction of sp³-hybridized carbons (Fsp3) is 0.148. The zero-order valence-corrected chi connectivity index (χ0v) is 18.8. The van der Waals surface area contributed by atoms with E-state index in [0.29, 0.717) is 34.9 Å². The summed E-state index contributed by atoms with van der Waals surface area (Å²) in [6.07, 6.45) is 6.18. The molecule has 4 aromatic rings. The fourth-order valence-electron chi connectivity index (χ4n) is 3.47. The van der Waals surface area contributed by atoms with Crippen LogP contribution in [0.3, 0.4) is 0 Å². The van der Waals surface area contributed by atoms with Crippen molar-refractivity contribution >= 4 is 0 Å². The van der Waals surface area contributed by atoms with Crippen molar-refractivity contribution in [3.05, 3.63) is 84.2 Å². The highest BCUT2D eigenvalue weighted by atomic mass is 16.5. The number of allylic oxidation sites excluding steroid dienone is 2. The third kappa shape index (κ3) is 5.01. The van der Waals surface area contributed by atoms with E-state index in [1.165, 1.54) is 5.57 Å². The van der Waals surface area contributed by atoms with Crippen LogP contribution in [0.5, 0.6) is 17.2 Å². The molecule has 2 aromatic carbocycles. The van der Waals surface area contributed by atoms with Crippen molar-refractivity contribution in [2.24, 2.45) is 0 Å². The molecule has 0 amide bonds. The number of aromatic nitrogens is 3. The van der Waals surface area contributed by atoms with Gasteiger partial charge in [0, 0.05) is 35.2 Å². The molecule has 0 spiro atoms. The predicted molar refractivity (Wildman–Crippen MR) is 129 cm³/mol. The van der Waals surface area contributed by atoms with Crippen LogP contribution >= 0.6 is 0 Å². The van der Waals surface area contributed by atoms with E-state index >= 15 is 0 Å². The van der Waals surface area contributed by atoms with Crippen LogP contribution in [-0.2, 0) is 6.42 Å². The van der Waals surface area contributed by atoms with Gasteiger partial charge in [0.2, 0.25) is 0 Å². The predicted octanol–water partition coefficient (Wildman–Crippen LogP) is 5.80. The lowest BCUT2D eigenvalue weighted by Gasteiger charge is -2.14. The molecule has 0 aliphatic heterocycles. The Balaban J connectivity index is 1.91. The molecule has 0 unspecified atom stereocenters. The molecule has 2 aromatic heterocycles. The van der Waals surface area contributed by atoms with Crippen LogP contribution in [-0.4, -0.2) is 32.3 Å². The lowest BCUT2D eigenvalue weighted by atomic mass is 10.0. The molecular formula is C27H25N3O3. The number of benzene rings is 2. The number of methoxy groups -OCH3 is 1. The van der Waals surface area contributed by atoms with Crippen molar-refractivity contribution < 1.29 is 14.9 Å². The summed E-state index contributed by atoms with van der Waals surface area (Å²) in [4.78, 5) is 13.7. The highest BCUT2D eigenvalue weighted by Gasteiger charge is 2.16. The van der Waals surface area contributed by atoms with Crippen LogP contribution in [0.2, 0.25) is 0 Å². The lowest BCUT2D eigenvalue weighted by Crippen LogP contribution is -1.98. The molecule has 0 aliphatic carbocycles. The molecule has 0 atom stereocenters. The van der Waals surface area contributed by atoms with Crippen molar-refractivity contribution in [2.45, 2.75) is 20.3 Å². The van der Waals surface area contributed by atoms with Crippen molar-refractivity contribution in [2.75, 3.05) is 7.11 Å². The highest BCUT2D eigenvalue weighted by Crippen LogP contribution is 2.37. The first-order valence-electron chi connectivity index (χ1n) is 10.6. The Morgan fingerprint density at radius 3 is 2.36 bits per heavy atom. The molecule has 0 radical (unpaired) electrons. The number of pyridine rings is 1. The highest BCUT2D eigenvalue weighted by molar-refractivity contribution is 5.76. The molecule has 0 fully saturated rings. The Morgan fingerprint density at radius 2 is 1.70 bits per heavy atom. The minimum atomic E-state index is 0.0697. The average Bonchev–Trinajstić information content (AvgIpc) is 2.83. The molecule has 6 heteroatoms. The second-order valence-electron chi connectivity index (χ2n) is 7.92. The summed E-state index contributed by atoms with van der Waals surface area (Å²) in [5.74, 6) is 1.36. The Hall–Kier alpha value is -4.19. The van der Waals surface area contributed by atoms with E-state index in [-0.39, 0.29) is 11.5 Å². The zero-order valence-electron chi connectivity index (χ0n) is 18.8. The number of hydrogen-bond donors (Lipinski definition) is 2. The summed E-state index contributed by atoms with van der Waals surface area (Å²) >= 11 is 0. The van der Waals surface area contributed by atoms with Gasteiger partial charge in [0.1, 0.15) is 17.2 Å². The van der Waals surface area contributed by atoms with Crippen LogP contribution in [0.4, 0.5) is 0 Å². The van der Waals surface area contributed by atoms with E-state index in [0.717, 1.165) is 16.7 Å². The van der Waals surface area contributed by atoms with E-state index in [4.69, 9.17) is 14.7 Å². The number of hydrogen-bond acceptors (Lipinski definition) is 6. The van der Waals surface area contributed by atoms with Crippen molar-refractivity contribution in [1.29, 1.82) is 0 Å². The SMILES string of the molecule is COc1cc(O)c(-c2cc(-c3ccc(O)cc3)nc(-c3cccnc3)n2)cc1CC=C(C)C.